The molecule has 122 valence electrons. The van der Waals surface area contributed by atoms with Crippen molar-refractivity contribution in [2.45, 2.75) is 23.3 Å². The van der Waals surface area contributed by atoms with E-state index in [1.54, 1.807) is 6.21 Å². The van der Waals surface area contributed by atoms with Crippen LogP contribution in [0.15, 0.2) is 78.5 Å². The van der Waals surface area contributed by atoms with Gasteiger partial charge in [-0.2, -0.15) is 0 Å². The summed E-state index contributed by atoms with van der Waals surface area (Å²) in [6.45, 7) is 2.12. The fraction of sp³-hybridized carbons (Fsp3) is 0.105. The SMILES string of the molecule is CCc1ccccc1N=Cc1cc(Br)c(Sc2ccc(Cl)cc2)o1. The second kappa shape index (κ2) is 8.06. The van der Waals surface area contributed by atoms with E-state index in [2.05, 4.69) is 33.9 Å². The third-order valence-electron chi connectivity index (χ3n) is 3.40. The van der Waals surface area contributed by atoms with E-state index in [9.17, 15) is 0 Å². The monoisotopic (exact) mass is 419 g/mol. The van der Waals surface area contributed by atoms with Crippen molar-refractivity contribution >= 4 is 51.2 Å². The Kier molecular flexibility index (Phi) is 5.82. The summed E-state index contributed by atoms with van der Waals surface area (Å²) < 4.78 is 6.79. The minimum absolute atomic E-state index is 0.712. The molecule has 0 aliphatic heterocycles. The number of aliphatic imine (C=N–C) groups is 1. The molecule has 0 bridgehead atoms. The summed E-state index contributed by atoms with van der Waals surface area (Å²) in [4.78, 5) is 5.62. The van der Waals surface area contributed by atoms with E-state index in [0.29, 0.717) is 5.76 Å². The predicted molar refractivity (Wildman–Crippen MR) is 105 cm³/mol. The van der Waals surface area contributed by atoms with Crippen LogP contribution in [0.25, 0.3) is 0 Å². The van der Waals surface area contributed by atoms with Crippen LogP contribution in [0.4, 0.5) is 5.69 Å². The molecule has 0 fully saturated rings. The summed E-state index contributed by atoms with van der Waals surface area (Å²) in [5, 5.41) is 1.52. The Bertz CT molecular complexity index is 858. The zero-order valence-corrected chi connectivity index (χ0v) is 16.2. The van der Waals surface area contributed by atoms with E-state index in [0.717, 1.165) is 31.6 Å². The van der Waals surface area contributed by atoms with Crippen LogP contribution in [0.3, 0.4) is 0 Å². The Morgan fingerprint density at radius 2 is 1.92 bits per heavy atom. The molecule has 0 radical (unpaired) electrons. The van der Waals surface area contributed by atoms with Crippen LogP contribution in [0.5, 0.6) is 0 Å². The molecular formula is C19H15BrClNOS. The van der Waals surface area contributed by atoms with E-state index >= 15 is 0 Å². The molecule has 0 amide bonds. The number of benzene rings is 2. The maximum Gasteiger partial charge on any atom is 0.179 e. The molecule has 0 saturated heterocycles. The van der Waals surface area contributed by atoms with Gasteiger partial charge < -0.3 is 4.42 Å². The van der Waals surface area contributed by atoms with E-state index < -0.39 is 0 Å². The van der Waals surface area contributed by atoms with Crippen LogP contribution in [-0.2, 0) is 6.42 Å². The number of aryl methyl sites for hydroxylation is 1. The molecule has 3 aromatic rings. The quantitative estimate of drug-likeness (QED) is 0.409. The molecule has 3 rings (SSSR count). The smallest absolute Gasteiger partial charge is 0.179 e. The number of halogens is 2. The molecule has 2 nitrogen and oxygen atoms in total. The second-order valence-corrected chi connectivity index (χ2v) is 7.42. The fourth-order valence-electron chi connectivity index (χ4n) is 2.18. The molecule has 0 saturated carbocycles. The Hall–Kier alpha value is -1.49. The molecule has 0 unspecified atom stereocenters. The predicted octanol–water partition coefficient (Wildman–Crippen LogP) is 7.16. The third-order valence-corrected chi connectivity index (χ3v) is 5.50. The molecule has 0 aliphatic rings. The zero-order valence-electron chi connectivity index (χ0n) is 13.0. The van der Waals surface area contributed by atoms with Crippen LogP contribution in [0.2, 0.25) is 5.02 Å². The van der Waals surface area contributed by atoms with Gasteiger partial charge in [-0.25, -0.2) is 0 Å². The lowest BCUT2D eigenvalue weighted by atomic mass is 10.1. The highest BCUT2D eigenvalue weighted by Crippen LogP contribution is 2.36. The van der Waals surface area contributed by atoms with Gasteiger partial charge in [0.05, 0.1) is 16.4 Å². The lowest BCUT2D eigenvalue weighted by Gasteiger charge is -2.00. The first kappa shape index (κ1) is 17.3. The number of hydrogen-bond acceptors (Lipinski definition) is 3. The first-order chi connectivity index (χ1) is 11.7. The lowest BCUT2D eigenvalue weighted by molar-refractivity contribution is 0.466. The van der Waals surface area contributed by atoms with Crippen molar-refractivity contribution in [1.82, 2.24) is 0 Å². The van der Waals surface area contributed by atoms with Crippen molar-refractivity contribution in [3.8, 4) is 0 Å². The molecule has 1 aromatic heterocycles. The maximum atomic E-state index is 5.91. The van der Waals surface area contributed by atoms with Crippen molar-refractivity contribution in [3.05, 3.63) is 75.4 Å². The standard InChI is InChI=1S/C19H15BrClNOS/c1-2-13-5-3-4-6-18(13)22-12-15-11-17(20)19(23-15)24-16-9-7-14(21)8-10-16/h3-12H,2H2,1H3. The summed E-state index contributed by atoms with van der Waals surface area (Å²) in [5.74, 6) is 0.712. The average molecular weight is 421 g/mol. The highest BCUT2D eigenvalue weighted by atomic mass is 79.9. The number of hydrogen-bond donors (Lipinski definition) is 0. The molecule has 2 aromatic carbocycles. The van der Waals surface area contributed by atoms with E-state index in [1.165, 1.54) is 17.3 Å². The second-order valence-electron chi connectivity index (χ2n) is 5.08. The summed E-state index contributed by atoms with van der Waals surface area (Å²) in [6, 6.07) is 17.7. The largest absolute Gasteiger partial charge is 0.447 e. The summed E-state index contributed by atoms with van der Waals surface area (Å²) in [6.07, 6.45) is 2.71. The number of para-hydroxylation sites is 1. The van der Waals surface area contributed by atoms with Crippen LogP contribution >= 0.6 is 39.3 Å². The zero-order chi connectivity index (χ0) is 16.9. The summed E-state index contributed by atoms with van der Waals surface area (Å²) >= 11 is 11.0. The Balaban J connectivity index is 1.78. The highest BCUT2D eigenvalue weighted by Gasteiger charge is 2.10. The van der Waals surface area contributed by atoms with Gasteiger partial charge in [0.1, 0.15) is 5.76 Å². The van der Waals surface area contributed by atoms with Crippen LogP contribution < -0.4 is 0 Å². The molecule has 24 heavy (non-hydrogen) atoms. The summed E-state index contributed by atoms with van der Waals surface area (Å²) in [7, 11) is 0. The highest BCUT2D eigenvalue weighted by molar-refractivity contribution is 9.10. The first-order valence-corrected chi connectivity index (χ1v) is 9.49. The van der Waals surface area contributed by atoms with Crippen molar-refractivity contribution in [1.29, 1.82) is 0 Å². The van der Waals surface area contributed by atoms with Gasteiger partial charge in [-0.05, 0) is 58.2 Å². The van der Waals surface area contributed by atoms with Crippen molar-refractivity contribution in [3.63, 3.8) is 0 Å². The number of rotatable bonds is 5. The van der Waals surface area contributed by atoms with Crippen molar-refractivity contribution < 1.29 is 4.42 Å². The van der Waals surface area contributed by atoms with Crippen LogP contribution in [0, 0.1) is 0 Å². The minimum atomic E-state index is 0.712. The van der Waals surface area contributed by atoms with E-state index in [-0.39, 0.29) is 0 Å². The van der Waals surface area contributed by atoms with Crippen LogP contribution in [0.1, 0.15) is 18.2 Å². The van der Waals surface area contributed by atoms with E-state index in [4.69, 9.17) is 16.0 Å². The van der Waals surface area contributed by atoms with Gasteiger partial charge in [0.2, 0.25) is 0 Å². The fourth-order valence-corrected chi connectivity index (χ4v) is 3.64. The van der Waals surface area contributed by atoms with Crippen molar-refractivity contribution in [2.75, 3.05) is 0 Å². The van der Waals surface area contributed by atoms with Gasteiger partial charge in [0.25, 0.3) is 0 Å². The average Bonchev–Trinajstić information content (AvgIpc) is 2.95. The molecule has 0 aliphatic carbocycles. The normalized spacial score (nSPS) is 11.3. The molecule has 0 N–H and O–H groups in total. The van der Waals surface area contributed by atoms with Gasteiger partial charge in [-0.15, -0.1) is 0 Å². The van der Waals surface area contributed by atoms with Gasteiger partial charge in [0, 0.05) is 16.0 Å². The van der Waals surface area contributed by atoms with Crippen molar-refractivity contribution in [2.24, 2.45) is 4.99 Å². The van der Waals surface area contributed by atoms with Gasteiger partial charge in [0.15, 0.2) is 5.09 Å². The Labute approximate surface area is 159 Å². The Morgan fingerprint density at radius 3 is 2.67 bits per heavy atom. The molecule has 0 spiro atoms. The lowest BCUT2D eigenvalue weighted by Crippen LogP contribution is -1.81. The van der Waals surface area contributed by atoms with E-state index in [1.807, 2.05) is 48.5 Å². The van der Waals surface area contributed by atoms with Crippen LogP contribution in [-0.4, -0.2) is 6.21 Å². The van der Waals surface area contributed by atoms with Gasteiger partial charge >= 0.3 is 0 Å². The topological polar surface area (TPSA) is 25.5 Å². The molecule has 1 heterocycles. The third kappa shape index (κ3) is 4.32. The van der Waals surface area contributed by atoms with Gasteiger partial charge in [-0.1, -0.05) is 48.5 Å². The number of nitrogens with zero attached hydrogens (tertiary/aromatic N) is 1. The van der Waals surface area contributed by atoms with Gasteiger partial charge in [-0.3, -0.25) is 4.99 Å². The minimum Gasteiger partial charge on any atom is -0.447 e. The Morgan fingerprint density at radius 1 is 1.17 bits per heavy atom. The maximum absolute atomic E-state index is 5.91. The molecule has 5 heteroatoms. The number of furan rings is 1. The molecule has 0 atom stereocenters. The summed E-state index contributed by atoms with van der Waals surface area (Å²) in [5.41, 5.74) is 2.19. The molecular weight excluding hydrogens is 406 g/mol. The first-order valence-electron chi connectivity index (χ1n) is 7.50.